The highest BCUT2D eigenvalue weighted by Crippen LogP contribution is 2.15. The van der Waals surface area contributed by atoms with Gasteiger partial charge < -0.3 is 15.5 Å². The minimum absolute atomic E-state index is 0.229. The molecule has 0 spiro atoms. The van der Waals surface area contributed by atoms with Gasteiger partial charge in [0.2, 0.25) is 6.19 Å². The van der Waals surface area contributed by atoms with Crippen molar-refractivity contribution in [2.24, 2.45) is 10.7 Å². The average molecular weight is 484 g/mol. The van der Waals surface area contributed by atoms with Crippen LogP contribution in [0.15, 0.2) is 68.5 Å². The smallest absolute Gasteiger partial charge is 0.295 e. The average Bonchev–Trinajstić information content (AvgIpc) is 3.29. The maximum absolute atomic E-state index is 8.79. The molecule has 1 aromatic heterocycles. The number of anilines is 1. The zero-order valence-corrected chi connectivity index (χ0v) is 22.3. The SMILES string of the molecule is CC(C)=CCC/C(C)=C/CCC(C)=CCCC(C)=CCSCC(Nc1ncco1)C(N)=NC#N. The Labute approximate surface area is 210 Å². The van der Waals surface area contributed by atoms with Gasteiger partial charge in [-0.05, 0) is 73.1 Å². The highest BCUT2D eigenvalue weighted by atomic mass is 32.2. The van der Waals surface area contributed by atoms with Crippen molar-refractivity contribution in [3.05, 3.63) is 59.1 Å². The number of thioether (sulfide) groups is 1. The molecule has 1 unspecified atom stereocenters. The highest BCUT2D eigenvalue weighted by molar-refractivity contribution is 7.99. The number of rotatable bonds is 16. The van der Waals surface area contributed by atoms with Crippen molar-refractivity contribution in [3.63, 3.8) is 0 Å². The Hall–Kier alpha value is -2.72. The number of nitrogens with zero attached hydrogens (tertiary/aromatic N) is 3. The van der Waals surface area contributed by atoms with Gasteiger partial charge in [0.25, 0.3) is 6.01 Å². The lowest BCUT2D eigenvalue weighted by Gasteiger charge is -2.15. The van der Waals surface area contributed by atoms with Gasteiger partial charge in [0.1, 0.15) is 12.1 Å². The van der Waals surface area contributed by atoms with E-state index < -0.39 is 0 Å². The van der Waals surface area contributed by atoms with Crippen LogP contribution >= 0.6 is 11.8 Å². The predicted molar refractivity (Wildman–Crippen MR) is 147 cm³/mol. The number of amidine groups is 1. The third-order valence-electron chi connectivity index (χ3n) is 5.25. The first-order valence-electron chi connectivity index (χ1n) is 11.9. The van der Waals surface area contributed by atoms with E-state index in [0.717, 1.165) is 44.3 Å². The first-order chi connectivity index (χ1) is 16.3. The van der Waals surface area contributed by atoms with E-state index in [2.05, 4.69) is 74.2 Å². The first-order valence-corrected chi connectivity index (χ1v) is 13.0. The van der Waals surface area contributed by atoms with Crippen LogP contribution in [0.25, 0.3) is 0 Å². The molecule has 1 heterocycles. The van der Waals surface area contributed by atoms with Gasteiger partial charge in [0.05, 0.1) is 12.2 Å². The Morgan fingerprint density at radius 2 is 1.65 bits per heavy atom. The summed E-state index contributed by atoms with van der Waals surface area (Å²) in [4.78, 5) is 7.70. The molecule has 0 aliphatic carbocycles. The molecule has 6 nitrogen and oxygen atoms in total. The minimum Gasteiger partial charge on any atom is -0.432 e. The number of oxazole rings is 1. The largest absolute Gasteiger partial charge is 0.432 e. The molecule has 0 aliphatic rings. The van der Waals surface area contributed by atoms with E-state index in [-0.39, 0.29) is 11.9 Å². The lowest BCUT2D eigenvalue weighted by atomic mass is 10.0. The lowest BCUT2D eigenvalue weighted by molar-refractivity contribution is 0.569. The normalized spacial score (nSPS) is 14.0. The molecule has 1 rings (SSSR count). The van der Waals surface area contributed by atoms with Gasteiger partial charge in [-0.25, -0.2) is 4.98 Å². The van der Waals surface area contributed by atoms with Crippen LogP contribution in [0, 0.1) is 11.5 Å². The number of hydrogen-bond acceptors (Lipinski definition) is 6. The molecule has 0 fully saturated rings. The fraction of sp³-hybridized carbons (Fsp3) is 0.519. The molecule has 1 atom stereocenters. The van der Waals surface area contributed by atoms with Crippen molar-refractivity contribution in [2.75, 3.05) is 16.8 Å². The number of hydrogen-bond donors (Lipinski definition) is 2. The Balaban J connectivity index is 2.34. The number of nitrogens with two attached hydrogens (primary N) is 1. The van der Waals surface area contributed by atoms with Crippen molar-refractivity contribution in [3.8, 4) is 6.19 Å². The van der Waals surface area contributed by atoms with E-state index in [1.807, 2.05) is 0 Å². The number of nitriles is 1. The van der Waals surface area contributed by atoms with Crippen molar-refractivity contribution in [1.82, 2.24) is 4.98 Å². The molecular weight excluding hydrogens is 442 g/mol. The minimum atomic E-state index is -0.312. The van der Waals surface area contributed by atoms with Crippen LogP contribution in [0.1, 0.15) is 73.1 Å². The summed E-state index contributed by atoms with van der Waals surface area (Å²) in [6, 6.07) is 0.0532. The molecule has 1 aromatic rings. The second-order valence-corrected chi connectivity index (χ2v) is 9.83. The van der Waals surface area contributed by atoms with Gasteiger partial charge in [-0.1, -0.05) is 46.6 Å². The molecule has 0 radical (unpaired) electrons. The summed E-state index contributed by atoms with van der Waals surface area (Å²) in [6.07, 6.45) is 20.8. The Bertz CT molecular complexity index is 900. The highest BCUT2D eigenvalue weighted by Gasteiger charge is 2.15. The third-order valence-corrected chi connectivity index (χ3v) is 6.23. The van der Waals surface area contributed by atoms with Crippen molar-refractivity contribution < 1.29 is 4.42 Å². The zero-order chi connectivity index (χ0) is 25.2. The second-order valence-electron chi connectivity index (χ2n) is 8.76. The monoisotopic (exact) mass is 483 g/mol. The van der Waals surface area contributed by atoms with Crippen molar-refractivity contribution in [1.29, 1.82) is 5.26 Å². The van der Waals surface area contributed by atoms with Crippen LogP contribution in [-0.4, -0.2) is 28.4 Å². The molecule has 7 heteroatoms. The standard InChI is InChI=1S/C27H41N5OS/c1-21(2)9-6-10-22(3)11-7-12-23(4)13-8-14-24(5)15-18-34-19-25(26(29)31-20-28)32-27-30-16-17-33-27/h9,11,13,15-17,25H,6-8,10,12,14,18-19H2,1-5H3,(H2,29,31)(H,30,32)/b22-11+,23-13?,24-15?. The Morgan fingerprint density at radius 3 is 2.18 bits per heavy atom. The molecule has 0 saturated heterocycles. The Morgan fingerprint density at radius 1 is 1.06 bits per heavy atom. The van der Waals surface area contributed by atoms with E-state index >= 15 is 0 Å². The molecule has 0 aliphatic heterocycles. The van der Waals surface area contributed by atoms with Gasteiger partial charge in [-0.3, -0.25) is 0 Å². The van der Waals surface area contributed by atoms with E-state index in [4.69, 9.17) is 15.4 Å². The molecule has 34 heavy (non-hydrogen) atoms. The summed E-state index contributed by atoms with van der Waals surface area (Å²) in [7, 11) is 0. The maximum Gasteiger partial charge on any atom is 0.295 e. The number of nitrogens with one attached hydrogen (secondary N) is 1. The van der Waals surface area contributed by atoms with Gasteiger partial charge in [-0.2, -0.15) is 22.0 Å². The fourth-order valence-electron chi connectivity index (χ4n) is 3.15. The van der Waals surface area contributed by atoms with Gasteiger partial charge in [0.15, 0.2) is 0 Å². The molecule has 0 aromatic carbocycles. The van der Waals surface area contributed by atoms with Crippen molar-refractivity contribution in [2.45, 2.75) is 79.2 Å². The fourth-order valence-corrected chi connectivity index (χ4v) is 4.18. The van der Waals surface area contributed by atoms with E-state index in [1.54, 1.807) is 24.2 Å². The van der Waals surface area contributed by atoms with E-state index in [0.29, 0.717) is 11.8 Å². The summed E-state index contributed by atoms with van der Waals surface area (Å²) in [5, 5.41) is 11.9. The van der Waals surface area contributed by atoms with Crippen LogP contribution in [0.4, 0.5) is 6.01 Å². The molecule has 0 amide bonds. The van der Waals surface area contributed by atoms with E-state index in [9.17, 15) is 0 Å². The summed E-state index contributed by atoms with van der Waals surface area (Å²) in [6.45, 7) is 11.0. The van der Waals surface area contributed by atoms with Crippen LogP contribution in [0.3, 0.4) is 0 Å². The molecule has 3 N–H and O–H groups in total. The van der Waals surface area contributed by atoms with Crippen molar-refractivity contribution >= 4 is 23.6 Å². The number of allylic oxidation sites excluding steroid dienone is 7. The third kappa shape index (κ3) is 14.4. The number of aromatic nitrogens is 1. The zero-order valence-electron chi connectivity index (χ0n) is 21.4. The maximum atomic E-state index is 8.79. The van der Waals surface area contributed by atoms with Gasteiger partial charge >= 0.3 is 0 Å². The predicted octanol–water partition coefficient (Wildman–Crippen LogP) is 7.17. The van der Waals surface area contributed by atoms with Gasteiger partial charge in [0, 0.05) is 11.5 Å². The first kappa shape index (κ1) is 29.3. The summed E-state index contributed by atoms with van der Waals surface area (Å²) < 4.78 is 5.21. The van der Waals surface area contributed by atoms with Crippen LogP contribution in [-0.2, 0) is 0 Å². The van der Waals surface area contributed by atoms with Crippen LogP contribution in [0.5, 0.6) is 0 Å². The summed E-state index contributed by atoms with van der Waals surface area (Å²) in [5.41, 5.74) is 11.6. The molecule has 0 saturated carbocycles. The second kappa shape index (κ2) is 17.7. The summed E-state index contributed by atoms with van der Waals surface area (Å²) >= 11 is 1.72. The van der Waals surface area contributed by atoms with E-state index in [1.165, 1.54) is 28.6 Å². The molecular formula is C27H41N5OS. The quantitative estimate of drug-likeness (QED) is 0.0849. The lowest BCUT2D eigenvalue weighted by Crippen LogP contribution is -2.37. The summed E-state index contributed by atoms with van der Waals surface area (Å²) in [5.74, 6) is 1.76. The molecule has 186 valence electrons. The topological polar surface area (TPSA) is 100 Å². The number of aliphatic imine (C=N–C) groups is 1. The van der Waals surface area contributed by atoms with Gasteiger partial charge in [-0.15, -0.1) is 0 Å². The van der Waals surface area contributed by atoms with Crippen LogP contribution in [0.2, 0.25) is 0 Å². The van der Waals surface area contributed by atoms with Crippen LogP contribution < -0.4 is 11.1 Å². The Kier molecular flexibility index (Phi) is 15.3. The molecule has 0 bridgehead atoms.